The van der Waals surface area contributed by atoms with E-state index in [1.165, 1.54) is 18.8 Å². The molecule has 52 heavy (non-hydrogen) atoms. The van der Waals surface area contributed by atoms with Crippen molar-refractivity contribution in [2.75, 3.05) is 0 Å². The Bertz CT molecular complexity index is 2810. The number of hydrogen-bond donors (Lipinski definition) is 2. The Hall–Kier alpha value is -5.76. The first-order valence-electron chi connectivity index (χ1n) is 17.2. The van der Waals surface area contributed by atoms with Crippen molar-refractivity contribution in [3.63, 3.8) is 0 Å². The topological polar surface area (TPSA) is 58.9 Å². The molecule has 10 rings (SSSR count). The van der Waals surface area contributed by atoms with E-state index in [0.717, 1.165) is 88.3 Å². The van der Waals surface area contributed by atoms with Crippen molar-refractivity contribution in [1.82, 2.24) is 0 Å². The van der Waals surface area contributed by atoms with Gasteiger partial charge in [-0.15, -0.1) is 22.7 Å². The number of benzene rings is 8. The van der Waals surface area contributed by atoms with Gasteiger partial charge in [-0.05, 0) is 105 Å². The minimum absolute atomic E-state index is 0.00170. The molecule has 0 spiro atoms. The van der Waals surface area contributed by atoms with Crippen LogP contribution in [0.5, 0.6) is 23.0 Å². The van der Waals surface area contributed by atoms with Crippen LogP contribution >= 0.6 is 22.7 Å². The van der Waals surface area contributed by atoms with Crippen molar-refractivity contribution in [1.29, 1.82) is 0 Å². The normalized spacial score (nSPS) is 11.8. The molecule has 2 aromatic heterocycles. The lowest BCUT2D eigenvalue weighted by atomic mass is 9.92. The van der Waals surface area contributed by atoms with E-state index in [-0.39, 0.29) is 13.2 Å². The monoisotopic (exact) mass is 710 g/mol. The van der Waals surface area contributed by atoms with Gasteiger partial charge < -0.3 is 19.7 Å². The summed E-state index contributed by atoms with van der Waals surface area (Å²) >= 11 is 3.48. The number of ether oxygens (including phenoxy) is 2. The van der Waals surface area contributed by atoms with E-state index < -0.39 is 0 Å². The molecule has 0 radical (unpaired) electrons. The first-order chi connectivity index (χ1) is 25.6. The van der Waals surface area contributed by atoms with Crippen molar-refractivity contribution in [2.24, 2.45) is 0 Å². The zero-order valence-electron chi connectivity index (χ0n) is 27.8. The molecule has 2 heterocycles. The number of fused-ring (bicyclic) bond motifs is 8. The van der Waals surface area contributed by atoms with Crippen LogP contribution in [0.3, 0.4) is 0 Å². The van der Waals surface area contributed by atoms with Gasteiger partial charge in [0.25, 0.3) is 0 Å². The van der Waals surface area contributed by atoms with E-state index in [4.69, 9.17) is 9.47 Å². The van der Waals surface area contributed by atoms with Crippen LogP contribution in [-0.4, -0.2) is 10.2 Å². The molecule has 0 aliphatic carbocycles. The van der Waals surface area contributed by atoms with Gasteiger partial charge in [-0.1, -0.05) is 72.8 Å². The highest BCUT2D eigenvalue weighted by atomic mass is 32.1. The van der Waals surface area contributed by atoms with Crippen LogP contribution in [0.15, 0.2) is 146 Å². The van der Waals surface area contributed by atoms with Gasteiger partial charge in [0, 0.05) is 51.5 Å². The standard InChI is InChI=1S/C46H30O4S2/c47-25-27-9-17-41-35(21-27)37-23-31(13-19-43(37)51-41)49-39-15-11-29-5-1-3-7-33(29)45(39)46-34-8-4-2-6-30(34)12-16-40(46)50-32-14-20-44-38(24-32)36-22-28(26-48)10-18-42(36)52-44/h1-24,47-48H,25-26H2. The minimum Gasteiger partial charge on any atom is -0.457 e. The Morgan fingerprint density at radius 3 is 1.23 bits per heavy atom. The van der Waals surface area contributed by atoms with Gasteiger partial charge in [0.1, 0.15) is 23.0 Å². The first-order valence-corrected chi connectivity index (χ1v) is 18.8. The van der Waals surface area contributed by atoms with Crippen LogP contribution in [0.1, 0.15) is 11.1 Å². The third-order valence-corrected chi connectivity index (χ3v) is 12.2. The van der Waals surface area contributed by atoms with Crippen LogP contribution in [0.4, 0.5) is 0 Å². The lowest BCUT2D eigenvalue weighted by Gasteiger charge is -2.20. The zero-order valence-corrected chi connectivity index (χ0v) is 29.4. The van der Waals surface area contributed by atoms with Crippen LogP contribution in [0, 0.1) is 0 Å². The van der Waals surface area contributed by atoms with Crippen LogP contribution in [0.2, 0.25) is 0 Å². The molecule has 10 aromatic rings. The summed E-state index contributed by atoms with van der Waals surface area (Å²) in [6.07, 6.45) is 0. The summed E-state index contributed by atoms with van der Waals surface area (Å²) in [7, 11) is 0. The maximum atomic E-state index is 9.83. The average molecular weight is 711 g/mol. The lowest BCUT2D eigenvalue weighted by molar-refractivity contribution is 0.282. The largest absolute Gasteiger partial charge is 0.457 e. The van der Waals surface area contributed by atoms with E-state index in [9.17, 15) is 10.2 Å². The molecule has 0 saturated carbocycles. The summed E-state index contributed by atoms with van der Waals surface area (Å²) in [6, 6.07) is 50.0. The van der Waals surface area contributed by atoms with E-state index in [1.54, 1.807) is 22.7 Å². The Balaban J connectivity index is 1.16. The second kappa shape index (κ2) is 12.5. The summed E-state index contributed by atoms with van der Waals surface area (Å²) in [5.74, 6) is 2.92. The van der Waals surface area contributed by atoms with E-state index >= 15 is 0 Å². The van der Waals surface area contributed by atoms with E-state index in [1.807, 2.05) is 24.3 Å². The van der Waals surface area contributed by atoms with Gasteiger partial charge in [-0.2, -0.15) is 0 Å². The summed E-state index contributed by atoms with van der Waals surface area (Å²) in [5, 5.41) is 28.4. The molecule has 0 atom stereocenters. The average Bonchev–Trinajstić information content (AvgIpc) is 3.74. The highest BCUT2D eigenvalue weighted by molar-refractivity contribution is 7.26. The van der Waals surface area contributed by atoms with Gasteiger partial charge in [0.2, 0.25) is 0 Å². The quantitative estimate of drug-likeness (QED) is 0.173. The van der Waals surface area contributed by atoms with Crippen LogP contribution < -0.4 is 9.47 Å². The third kappa shape index (κ3) is 5.19. The molecule has 250 valence electrons. The van der Waals surface area contributed by atoms with Gasteiger partial charge >= 0.3 is 0 Å². The van der Waals surface area contributed by atoms with Crippen molar-refractivity contribution < 1.29 is 19.7 Å². The molecule has 0 aliphatic heterocycles. The van der Waals surface area contributed by atoms with E-state index in [2.05, 4.69) is 121 Å². The SMILES string of the molecule is OCc1ccc2sc3ccc(Oc4ccc5ccccc5c4-c4c(Oc5ccc6sc7ccc(CO)cc7c6c5)ccc5ccccc45)cc3c2c1. The van der Waals surface area contributed by atoms with Gasteiger partial charge in [-0.3, -0.25) is 0 Å². The maximum absolute atomic E-state index is 9.83. The Kier molecular flexibility index (Phi) is 7.44. The minimum atomic E-state index is 0.00170. The molecule has 0 saturated heterocycles. The van der Waals surface area contributed by atoms with Crippen LogP contribution in [0.25, 0.3) is 73.0 Å². The van der Waals surface area contributed by atoms with Crippen molar-refractivity contribution in [3.05, 3.63) is 157 Å². The second-order valence-corrected chi connectivity index (χ2v) is 15.2. The van der Waals surface area contributed by atoms with Gasteiger partial charge in [0.05, 0.1) is 13.2 Å². The molecule has 8 aromatic carbocycles. The van der Waals surface area contributed by atoms with Crippen molar-refractivity contribution in [2.45, 2.75) is 13.2 Å². The fourth-order valence-corrected chi connectivity index (χ4v) is 9.51. The summed E-state index contributed by atoms with van der Waals surface area (Å²) in [6.45, 7) is 0.00340. The molecule has 0 unspecified atom stereocenters. The maximum Gasteiger partial charge on any atom is 0.136 e. The van der Waals surface area contributed by atoms with Crippen LogP contribution in [-0.2, 0) is 13.2 Å². The summed E-state index contributed by atoms with van der Waals surface area (Å²) in [5.41, 5.74) is 3.69. The number of aliphatic hydroxyl groups is 2. The molecule has 2 N–H and O–H groups in total. The smallest absolute Gasteiger partial charge is 0.136 e. The Morgan fingerprint density at radius 1 is 0.385 bits per heavy atom. The Labute approximate surface area is 307 Å². The number of rotatable bonds is 7. The number of thiophene rings is 2. The molecule has 0 amide bonds. The molecule has 4 nitrogen and oxygen atoms in total. The summed E-state index contributed by atoms with van der Waals surface area (Å²) < 4.78 is 18.5. The zero-order chi connectivity index (χ0) is 34.8. The van der Waals surface area contributed by atoms with Gasteiger partial charge in [-0.25, -0.2) is 0 Å². The molecule has 0 aliphatic rings. The Morgan fingerprint density at radius 2 is 0.788 bits per heavy atom. The first kappa shape index (κ1) is 31.0. The predicted octanol–water partition coefficient (Wildman–Crippen LogP) is 13.0. The number of aliphatic hydroxyl groups excluding tert-OH is 2. The molecular formula is C46H30O4S2. The lowest BCUT2D eigenvalue weighted by Crippen LogP contribution is -1.95. The highest BCUT2D eigenvalue weighted by Gasteiger charge is 2.21. The molecule has 6 heteroatoms. The van der Waals surface area contributed by atoms with Crippen molar-refractivity contribution >= 4 is 84.6 Å². The molecular weight excluding hydrogens is 681 g/mol. The fourth-order valence-electron chi connectivity index (χ4n) is 7.37. The summed E-state index contributed by atoms with van der Waals surface area (Å²) in [4.78, 5) is 0. The van der Waals surface area contributed by atoms with E-state index in [0.29, 0.717) is 0 Å². The van der Waals surface area contributed by atoms with Gasteiger partial charge in [0.15, 0.2) is 0 Å². The molecule has 0 bridgehead atoms. The third-order valence-electron chi connectivity index (χ3n) is 9.86. The fraction of sp³-hybridized carbons (Fsp3) is 0.0435. The molecule has 0 fully saturated rings. The van der Waals surface area contributed by atoms with Crippen molar-refractivity contribution in [3.8, 4) is 34.1 Å². The second-order valence-electron chi connectivity index (χ2n) is 13.0. The predicted molar refractivity (Wildman–Crippen MR) is 218 cm³/mol. The highest BCUT2D eigenvalue weighted by Crippen LogP contribution is 2.48. The number of hydrogen-bond acceptors (Lipinski definition) is 6.